The summed E-state index contributed by atoms with van der Waals surface area (Å²) in [6.45, 7) is 6.10. The van der Waals surface area contributed by atoms with Gasteiger partial charge in [-0.05, 0) is 30.8 Å². The number of hydrogen-bond acceptors (Lipinski definition) is 3. The fourth-order valence-corrected chi connectivity index (χ4v) is 3.96. The molecule has 0 aliphatic heterocycles. The molecule has 0 saturated carbocycles. The molecule has 0 spiro atoms. The summed E-state index contributed by atoms with van der Waals surface area (Å²) in [4.78, 5) is 0. The molecule has 0 aromatic carbocycles. The zero-order valence-corrected chi connectivity index (χ0v) is 13.6. The van der Waals surface area contributed by atoms with Gasteiger partial charge in [0.25, 0.3) is 0 Å². The van der Waals surface area contributed by atoms with E-state index < -0.39 is 14.8 Å². The lowest BCUT2D eigenvalue weighted by Crippen LogP contribution is -2.45. The van der Waals surface area contributed by atoms with Crippen molar-refractivity contribution in [1.29, 1.82) is 0 Å². The number of unbranched alkanes of at least 4 members (excludes halogenated alkanes) is 1. The predicted molar refractivity (Wildman–Crippen MR) is 84.7 cm³/mol. The summed E-state index contributed by atoms with van der Waals surface area (Å²) in [6.07, 6.45) is 10.4. The van der Waals surface area contributed by atoms with E-state index in [1.807, 2.05) is 23.9 Å². The minimum atomic E-state index is -3.57. The number of sulfonamides is 1. The molecule has 0 aromatic heterocycles. The number of primary sulfonamides is 1. The summed E-state index contributed by atoms with van der Waals surface area (Å²) < 4.78 is 22.6. The van der Waals surface area contributed by atoms with E-state index in [2.05, 4.69) is 13.8 Å². The zero-order chi connectivity index (χ0) is 14.5. The first-order valence-electron chi connectivity index (χ1n) is 6.77. The van der Waals surface area contributed by atoms with Crippen LogP contribution in [-0.4, -0.2) is 24.2 Å². The van der Waals surface area contributed by atoms with E-state index in [0.717, 1.165) is 25.0 Å². The van der Waals surface area contributed by atoms with Crippen LogP contribution in [0, 0.1) is 5.92 Å². The highest BCUT2D eigenvalue weighted by molar-refractivity contribution is 7.99. The number of nitrogens with two attached hydrogens (primary N) is 1. The van der Waals surface area contributed by atoms with Gasteiger partial charge in [-0.25, -0.2) is 13.6 Å². The maximum Gasteiger partial charge on any atom is 0.218 e. The standard InChI is InChI=1S/C14H25NO2S2/c1-12(2)18-11-7-5-9-13-8-4-6-10-14(13,3)19(15,16)17/h4,6,8,10,12-13H,5,7,9,11H2,1-3H3,(H2,15,16,17)/t13?,14-/m1/s1. The maximum atomic E-state index is 11.8. The second kappa shape index (κ2) is 6.95. The van der Waals surface area contributed by atoms with Gasteiger partial charge in [-0.2, -0.15) is 11.8 Å². The summed E-state index contributed by atoms with van der Waals surface area (Å²) >= 11 is 1.95. The third kappa shape index (κ3) is 4.65. The van der Waals surface area contributed by atoms with Crippen molar-refractivity contribution in [3.63, 3.8) is 0 Å². The van der Waals surface area contributed by atoms with Crippen LogP contribution < -0.4 is 5.14 Å². The molecule has 0 fully saturated rings. The molecule has 0 heterocycles. The summed E-state index contributed by atoms with van der Waals surface area (Å²) in [5.74, 6) is 1.12. The first-order chi connectivity index (χ1) is 8.77. The van der Waals surface area contributed by atoms with Gasteiger partial charge < -0.3 is 0 Å². The van der Waals surface area contributed by atoms with Gasteiger partial charge in [0.2, 0.25) is 10.0 Å². The minimum absolute atomic E-state index is 0.0171. The molecule has 0 amide bonds. The lowest BCUT2D eigenvalue weighted by atomic mass is 9.85. The normalized spacial score (nSPS) is 27.1. The van der Waals surface area contributed by atoms with Gasteiger partial charge in [-0.15, -0.1) is 0 Å². The molecule has 1 aliphatic rings. The van der Waals surface area contributed by atoms with Gasteiger partial charge in [0.15, 0.2) is 0 Å². The zero-order valence-electron chi connectivity index (χ0n) is 12.0. The molecule has 1 rings (SSSR count). The third-order valence-electron chi connectivity index (χ3n) is 3.59. The Kier molecular flexibility index (Phi) is 6.15. The van der Waals surface area contributed by atoms with E-state index in [-0.39, 0.29) is 5.92 Å². The Labute approximate surface area is 121 Å². The van der Waals surface area contributed by atoms with Crippen molar-refractivity contribution in [2.45, 2.75) is 50.0 Å². The topological polar surface area (TPSA) is 60.2 Å². The van der Waals surface area contributed by atoms with E-state index in [1.165, 1.54) is 0 Å². The van der Waals surface area contributed by atoms with Gasteiger partial charge in [0.1, 0.15) is 4.75 Å². The Morgan fingerprint density at radius 1 is 1.32 bits per heavy atom. The lowest BCUT2D eigenvalue weighted by molar-refractivity contribution is 0.453. The first-order valence-corrected chi connectivity index (χ1v) is 9.37. The third-order valence-corrected chi connectivity index (χ3v) is 6.45. The highest BCUT2D eigenvalue weighted by atomic mass is 32.2. The molecule has 0 bridgehead atoms. The Hall–Kier alpha value is -0.260. The SMILES string of the molecule is CC(C)SCCCCC1C=CC=C[C@@]1(C)S(N)(=O)=O. The van der Waals surface area contributed by atoms with Gasteiger partial charge in [0, 0.05) is 5.92 Å². The molecule has 3 nitrogen and oxygen atoms in total. The van der Waals surface area contributed by atoms with Crippen molar-refractivity contribution in [3.05, 3.63) is 24.3 Å². The molecule has 1 unspecified atom stereocenters. The van der Waals surface area contributed by atoms with Crippen LogP contribution in [0.25, 0.3) is 0 Å². The number of allylic oxidation sites excluding steroid dienone is 3. The molecule has 19 heavy (non-hydrogen) atoms. The summed E-state index contributed by atoms with van der Waals surface area (Å²) in [5.41, 5.74) is 0. The van der Waals surface area contributed by atoms with Crippen molar-refractivity contribution in [2.75, 3.05) is 5.75 Å². The maximum absolute atomic E-state index is 11.8. The van der Waals surface area contributed by atoms with Crippen molar-refractivity contribution in [2.24, 2.45) is 11.1 Å². The number of thioether (sulfide) groups is 1. The lowest BCUT2D eigenvalue weighted by Gasteiger charge is -2.33. The second-order valence-corrected chi connectivity index (χ2v) is 9.15. The average molecular weight is 303 g/mol. The van der Waals surface area contributed by atoms with Gasteiger partial charge in [0.05, 0.1) is 0 Å². The molecule has 1 aliphatic carbocycles. The molecule has 2 atom stereocenters. The Balaban J connectivity index is 2.52. The van der Waals surface area contributed by atoms with Crippen LogP contribution in [0.5, 0.6) is 0 Å². The van der Waals surface area contributed by atoms with Gasteiger partial charge in [-0.1, -0.05) is 44.6 Å². The summed E-state index contributed by atoms with van der Waals surface area (Å²) in [7, 11) is -3.57. The molecule has 5 heteroatoms. The second-order valence-electron chi connectivity index (χ2n) is 5.49. The van der Waals surface area contributed by atoms with Crippen LogP contribution >= 0.6 is 11.8 Å². The van der Waals surface area contributed by atoms with E-state index in [1.54, 1.807) is 19.1 Å². The summed E-state index contributed by atoms with van der Waals surface area (Å²) in [6, 6.07) is 0. The van der Waals surface area contributed by atoms with Crippen LogP contribution in [-0.2, 0) is 10.0 Å². The van der Waals surface area contributed by atoms with E-state index in [0.29, 0.717) is 5.25 Å². The van der Waals surface area contributed by atoms with Crippen LogP contribution in [0.1, 0.15) is 40.0 Å². The number of hydrogen-bond donors (Lipinski definition) is 1. The van der Waals surface area contributed by atoms with E-state index in [9.17, 15) is 8.42 Å². The van der Waals surface area contributed by atoms with Crippen molar-refractivity contribution in [1.82, 2.24) is 0 Å². The fraction of sp³-hybridized carbons (Fsp3) is 0.714. The van der Waals surface area contributed by atoms with Crippen LogP contribution in [0.3, 0.4) is 0 Å². The van der Waals surface area contributed by atoms with Crippen LogP contribution in [0.4, 0.5) is 0 Å². The van der Waals surface area contributed by atoms with Crippen molar-refractivity contribution in [3.8, 4) is 0 Å². The molecular formula is C14H25NO2S2. The smallest absolute Gasteiger partial charge is 0.218 e. The Morgan fingerprint density at radius 2 is 2.00 bits per heavy atom. The monoisotopic (exact) mass is 303 g/mol. The Morgan fingerprint density at radius 3 is 2.58 bits per heavy atom. The van der Waals surface area contributed by atoms with Gasteiger partial charge in [-0.3, -0.25) is 0 Å². The van der Waals surface area contributed by atoms with E-state index >= 15 is 0 Å². The summed E-state index contributed by atoms with van der Waals surface area (Å²) in [5, 5.41) is 6.05. The van der Waals surface area contributed by atoms with Crippen molar-refractivity contribution >= 4 is 21.8 Å². The highest BCUT2D eigenvalue weighted by Crippen LogP contribution is 2.34. The molecule has 0 radical (unpaired) electrons. The Bertz CT molecular complexity index is 440. The van der Waals surface area contributed by atoms with Gasteiger partial charge >= 0.3 is 0 Å². The minimum Gasteiger partial charge on any atom is -0.228 e. The fourth-order valence-electron chi connectivity index (χ4n) is 2.23. The quantitative estimate of drug-likeness (QED) is 0.735. The van der Waals surface area contributed by atoms with Crippen molar-refractivity contribution < 1.29 is 8.42 Å². The molecule has 110 valence electrons. The highest BCUT2D eigenvalue weighted by Gasteiger charge is 2.41. The van der Waals surface area contributed by atoms with E-state index in [4.69, 9.17) is 5.14 Å². The molecule has 0 aromatic rings. The van der Waals surface area contributed by atoms with Crippen LogP contribution in [0.15, 0.2) is 24.3 Å². The number of rotatable bonds is 7. The molecular weight excluding hydrogens is 278 g/mol. The average Bonchev–Trinajstić information content (AvgIpc) is 2.29. The molecule has 0 saturated heterocycles. The van der Waals surface area contributed by atoms with Crippen LogP contribution in [0.2, 0.25) is 0 Å². The largest absolute Gasteiger partial charge is 0.228 e. The molecule has 2 N–H and O–H groups in total. The first kappa shape index (κ1) is 16.8. The predicted octanol–water partition coefficient (Wildman–Crippen LogP) is 3.09.